The summed E-state index contributed by atoms with van der Waals surface area (Å²) in [6.07, 6.45) is 4.50. The molecular weight excluding hydrogens is 216 g/mol. The average Bonchev–Trinajstić information content (AvgIpc) is 2.29. The van der Waals surface area contributed by atoms with Crippen LogP contribution in [0.2, 0.25) is 0 Å². The standard InChI is InChI=1S/C12H14N4O/c1-7-4-13-11(14-5-7)12-15-6-10(9(3)17)8(2)16-12/h4-6,9,17H,1-3H3. The summed E-state index contributed by atoms with van der Waals surface area (Å²) in [5.74, 6) is 0.975. The van der Waals surface area contributed by atoms with E-state index in [1.165, 1.54) is 0 Å². The smallest absolute Gasteiger partial charge is 0.197 e. The van der Waals surface area contributed by atoms with Crippen molar-refractivity contribution in [2.24, 2.45) is 0 Å². The predicted molar refractivity (Wildman–Crippen MR) is 63.2 cm³/mol. The van der Waals surface area contributed by atoms with E-state index in [0.717, 1.165) is 16.8 Å². The van der Waals surface area contributed by atoms with E-state index in [1.54, 1.807) is 25.5 Å². The molecule has 0 aliphatic rings. The molecule has 0 spiro atoms. The molecule has 2 aromatic heterocycles. The molecule has 1 atom stereocenters. The summed E-state index contributed by atoms with van der Waals surface area (Å²) in [4.78, 5) is 16.8. The first-order valence-corrected chi connectivity index (χ1v) is 5.38. The molecule has 0 saturated carbocycles. The van der Waals surface area contributed by atoms with Crippen LogP contribution in [0.15, 0.2) is 18.6 Å². The van der Waals surface area contributed by atoms with Crippen molar-refractivity contribution in [3.8, 4) is 11.6 Å². The van der Waals surface area contributed by atoms with Crippen molar-refractivity contribution in [1.29, 1.82) is 0 Å². The van der Waals surface area contributed by atoms with Crippen LogP contribution in [0.1, 0.15) is 29.8 Å². The van der Waals surface area contributed by atoms with Crippen LogP contribution in [0, 0.1) is 13.8 Å². The van der Waals surface area contributed by atoms with E-state index in [1.807, 2.05) is 13.8 Å². The van der Waals surface area contributed by atoms with Crippen molar-refractivity contribution in [3.63, 3.8) is 0 Å². The quantitative estimate of drug-likeness (QED) is 0.848. The van der Waals surface area contributed by atoms with Gasteiger partial charge in [-0.1, -0.05) is 0 Å². The number of aliphatic hydroxyl groups excluding tert-OH is 1. The van der Waals surface area contributed by atoms with E-state index in [4.69, 9.17) is 0 Å². The van der Waals surface area contributed by atoms with Crippen molar-refractivity contribution >= 4 is 0 Å². The number of aromatic nitrogens is 4. The molecule has 5 heteroatoms. The van der Waals surface area contributed by atoms with Crippen molar-refractivity contribution in [3.05, 3.63) is 35.4 Å². The molecule has 2 heterocycles. The maximum atomic E-state index is 9.49. The fourth-order valence-corrected chi connectivity index (χ4v) is 1.50. The van der Waals surface area contributed by atoms with Gasteiger partial charge in [-0.15, -0.1) is 0 Å². The van der Waals surface area contributed by atoms with E-state index in [2.05, 4.69) is 19.9 Å². The zero-order valence-electron chi connectivity index (χ0n) is 10.0. The Morgan fingerprint density at radius 2 is 1.59 bits per heavy atom. The first-order valence-electron chi connectivity index (χ1n) is 5.38. The molecule has 1 N–H and O–H groups in total. The number of hydrogen-bond donors (Lipinski definition) is 1. The Bertz CT molecular complexity index is 523. The lowest BCUT2D eigenvalue weighted by atomic mass is 10.1. The Hall–Kier alpha value is -1.88. The number of aliphatic hydroxyl groups is 1. The monoisotopic (exact) mass is 230 g/mol. The fourth-order valence-electron chi connectivity index (χ4n) is 1.50. The van der Waals surface area contributed by atoms with Gasteiger partial charge in [-0.25, -0.2) is 19.9 Å². The van der Waals surface area contributed by atoms with Crippen LogP contribution in [0.4, 0.5) is 0 Å². The number of hydrogen-bond acceptors (Lipinski definition) is 5. The van der Waals surface area contributed by atoms with E-state index in [-0.39, 0.29) is 0 Å². The van der Waals surface area contributed by atoms with Gasteiger partial charge in [0.2, 0.25) is 0 Å². The van der Waals surface area contributed by atoms with Gasteiger partial charge in [0.1, 0.15) is 0 Å². The number of aryl methyl sites for hydroxylation is 2. The number of rotatable bonds is 2. The van der Waals surface area contributed by atoms with E-state index in [9.17, 15) is 5.11 Å². The largest absolute Gasteiger partial charge is 0.389 e. The lowest BCUT2D eigenvalue weighted by Gasteiger charge is -2.08. The molecule has 5 nitrogen and oxygen atoms in total. The van der Waals surface area contributed by atoms with Crippen molar-refractivity contribution in [2.45, 2.75) is 26.9 Å². The molecule has 2 rings (SSSR count). The van der Waals surface area contributed by atoms with Gasteiger partial charge in [-0.05, 0) is 26.3 Å². The third kappa shape index (κ3) is 2.45. The Labute approximate surface area is 99.6 Å². The molecule has 2 aromatic rings. The van der Waals surface area contributed by atoms with Gasteiger partial charge in [-0.3, -0.25) is 0 Å². The average molecular weight is 230 g/mol. The highest BCUT2D eigenvalue weighted by Gasteiger charge is 2.10. The van der Waals surface area contributed by atoms with E-state index >= 15 is 0 Å². The molecule has 1 unspecified atom stereocenters. The molecule has 0 aliphatic heterocycles. The maximum absolute atomic E-state index is 9.49. The molecule has 88 valence electrons. The second-order valence-corrected chi connectivity index (χ2v) is 3.99. The summed E-state index contributed by atoms with van der Waals surface area (Å²) in [7, 11) is 0. The van der Waals surface area contributed by atoms with Gasteiger partial charge >= 0.3 is 0 Å². The SMILES string of the molecule is Cc1cnc(-c2ncc(C(C)O)c(C)n2)nc1. The predicted octanol–water partition coefficient (Wildman–Crippen LogP) is 1.60. The van der Waals surface area contributed by atoms with Crippen LogP contribution in [0.25, 0.3) is 11.6 Å². The Kier molecular flexibility index (Phi) is 3.10. The van der Waals surface area contributed by atoms with Crippen LogP contribution in [-0.2, 0) is 0 Å². The van der Waals surface area contributed by atoms with Crippen LogP contribution in [-0.4, -0.2) is 25.0 Å². The zero-order chi connectivity index (χ0) is 12.4. The maximum Gasteiger partial charge on any atom is 0.197 e. The van der Waals surface area contributed by atoms with Crippen molar-refractivity contribution in [1.82, 2.24) is 19.9 Å². The highest BCUT2D eigenvalue weighted by atomic mass is 16.3. The third-order valence-electron chi connectivity index (χ3n) is 2.45. The van der Waals surface area contributed by atoms with Crippen LogP contribution in [0.3, 0.4) is 0 Å². The minimum Gasteiger partial charge on any atom is -0.389 e. The molecule has 0 aliphatic carbocycles. The summed E-state index contributed by atoms with van der Waals surface area (Å²) < 4.78 is 0. The molecule has 0 saturated heterocycles. The second-order valence-electron chi connectivity index (χ2n) is 3.99. The molecule has 0 amide bonds. The Morgan fingerprint density at radius 1 is 1.00 bits per heavy atom. The minimum absolute atomic E-state index is 0.479. The highest BCUT2D eigenvalue weighted by molar-refractivity contribution is 5.43. The van der Waals surface area contributed by atoms with Crippen LogP contribution >= 0.6 is 0 Å². The van der Waals surface area contributed by atoms with E-state index in [0.29, 0.717) is 11.6 Å². The molecule has 0 fully saturated rings. The lowest BCUT2D eigenvalue weighted by molar-refractivity contribution is 0.197. The number of nitrogens with zero attached hydrogens (tertiary/aromatic N) is 4. The Balaban J connectivity index is 2.41. The van der Waals surface area contributed by atoms with Gasteiger partial charge in [0.25, 0.3) is 0 Å². The molecule has 0 radical (unpaired) electrons. The summed E-state index contributed by atoms with van der Waals surface area (Å²) >= 11 is 0. The van der Waals surface area contributed by atoms with Gasteiger partial charge in [0, 0.05) is 29.8 Å². The zero-order valence-corrected chi connectivity index (χ0v) is 10.0. The second kappa shape index (κ2) is 4.55. The van der Waals surface area contributed by atoms with Gasteiger partial charge in [0.05, 0.1) is 6.10 Å². The summed E-state index contributed by atoms with van der Waals surface area (Å²) in [6.45, 7) is 5.45. The van der Waals surface area contributed by atoms with Gasteiger partial charge in [0.15, 0.2) is 11.6 Å². The van der Waals surface area contributed by atoms with Crippen molar-refractivity contribution in [2.75, 3.05) is 0 Å². The van der Waals surface area contributed by atoms with Crippen LogP contribution in [0.5, 0.6) is 0 Å². The molecule has 17 heavy (non-hydrogen) atoms. The molecule has 0 bridgehead atoms. The van der Waals surface area contributed by atoms with E-state index < -0.39 is 6.10 Å². The molecular formula is C12H14N4O. The molecule has 0 aromatic carbocycles. The summed E-state index contributed by atoms with van der Waals surface area (Å²) in [6, 6.07) is 0. The first kappa shape index (κ1) is 11.6. The highest BCUT2D eigenvalue weighted by Crippen LogP contribution is 2.17. The minimum atomic E-state index is -0.567. The fraction of sp³-hybridized carbons (Fsp3) is 0.333. The van der Waals surface area contributed by atoms with Gasteiger partial charge < -0.3 is 5.11 Å². The van der Waals surface area contributed by atoms with Crippen LogP contribution < -0.4 is 0 Å². The Morgan fingerprint density at radius 3 is 2.12 bits per heavy atom. The topological polar surface area (TPSA) is 71.8 Å². The third-order valence-corrected chi connectivity index (χ3v) is 2.45. The lowest BCUT2D eigenvalue weighted by Crippen LogP contribution is -2.02. The summed E-state index contributed by atoms with van der Waals surface area (Å²) in [5, 5.41) is 9.49. The summed E-state index contributed by atoms with van der Waals surface area (Å²) in [5.41, 5.74) is 2.46. The van der Waals surface area contributed by atoms with Gasteiger partial charge in [-0.2, -0.15) is 0 Å². The normalized spacial score (nSPS) is 12.5. The first-order chi connectivity index (χ1) is 8.08. The van der Waals surface area contributed by atoms with Crippen molar-refractivity contribution < 1.29 is 5.11 Å².